The molecule has 0 amide bonds. The molecule has 58 heavy (non-hydrogen) atoms. The first-order valence-electron chi connectivity index (χ1n) is 19.8. The summed E-state index contributed by atoms with van der Waals surface area (Å²) in [6.45, 7) is 4.69. The Balaban J connectivity index is 1.27. The highest BCUT2D eigenvalue weighted by Gasteiger charge is 2.36. The Hall–Kier alpha value is -7.43. The summed E-state index contributed by atoms with van der Waals surface area (Å²) in [5, 5.41) is 0. The molecule has 9 aromatic rings. The topological polar surface area (TPSA) is 41.9 Å². The summed E-state index contributed by atoms with van der Waals surface area (Å²) in [6, 6.07) is 72.8. The van der Waals surface area contributed by atoms with E-state index in [1.54, 1.807) is 0 Å². The van der Waals surface area contributed by atoms with Crippen LogP contribution in [0.25, 0.3) is 67.5 Å². The van der Waals surface area contributed by atoms with E-state index in [0.29, 0.717) is 17.5 Å². The molecule has 10 rings (SSSR count). The Bertz CT molecular complexity index is 2770. The second-order valence-electron chi connectivity index (χ2n) is 15.3. The van der Waals surface area contributed by atoms with E-state index in [-0.39, 0.29) is 5.41 Å². The molecule has 4 heteroatoms. The van der Waals surface area contributed by atoms with Crippen LogP contribution in [0.2, 0.25) is 0 Å². The van der Waals surface area contributed by atoms with Crippen molar-refractivity contribution in [3.63, 3.8) is 0 Å². The Labute approximate surface area is 339 Å². The fourth-order valence-corrected chi connectivity index (χ4v) is 8.43. The molecule has 0 fully saturated rings. The summed E-state index contributed by atoms with van der Waals surface area (Å²) >= 11 is 0. The second-order valence-corrected chi connectivity index (χ2v) is 15.3. The van der Waals surface area contributed by atoms with E-state index in [0.717, 1.165) is 56.0 Å². The van der Waals surface area contributed by atoms with Crippen molar-refractivity contribution in [2.45, 2.75) is 19.3 Å². The van der Waals surface area contributed by atoms with Crippen molar-refractivity contribution in [1.29, 1.82) is 0 Å². The van der Waals surface area contributed by atoms with E-state index in [2.05, 4.69) is 189 Å². The molecular formula is C54H40N4. The van der Waals surface area contributed by atoms with E-state index < -0.39 is 0 Å². The third kappa shape index (κ3) is 6.25. The predicted molar refractivity (Wildman–Crippen MR) is 239 cm³/mol. The molecule has 0 bridgehead atoms. The number of aromatic nitrogens is 3. The standard InChI is InChI=1S/C54H40N4/c1-54(2)48-31-19-18-30-44(48)45-33-32-43(36-49(45)54)58(42-28-16-7-17-29-42)50-46(37-20-8-3-9-21-37)34-41(35-47(50)38-22-10-4-11-23-38)53-56-51(39-24-12-5-13-25-39)55-52(57-53)40-26-14-6-15-27-40/h3-36H,1-2H3. The largest absolute Gasteiger partial charge is 0.309 e. The van der Waals surface area contributed by atoms with E-state index in [9.17, 15) is 0 Å². The zero-order valence-electron chi connectivity index (χ0n) is 32.4. The minimum absolute atomic E-state index is 0.162. The van der Waals surface area contributed by atoms with Crippen LogP contribution >= 0.6 is 0 Å². The first kappa shape index (κ1) is 35.0. The Kier molecular flexibility index (Phi) is 8.80. The van der Waals surface area contributed by atoms with E-state index >= 15 is 0 Å². The number of nitrogens with zero attached hydrogens (tertiary/aromatic N) is 4. The van der Waals surface area contributed by atoms with Gasteiger partial charge in [0.25, 0.3) is 0 Å². The van der Waals surface area contributed by atoms with Crippen molar-refractivity contribution in [2.24, 2.45) is 0 Å². The lowest BCUT2D eigenvalue weighted by atomic mass is 9.82. The van der Waals surface area contributed by atoms with Crippen molar-refractivity contribution in [2.75, 3.05) is 4.90 Å². The highest BCUT2D eigenvalue weighted by atomic mass is 15.1. The Morgan fingerprint density at radius 1 is 0.328 bits per heavy atom. The van der Waals surface area contributed by atoms with Gasteiger partial charge < -0.3 is 4.90 Å². The molecule has 8 aromatic carbocycles. The van der Waals surface area contributed by atoms with Crippen molar-refractivity contribution in [1.82, 2.24) is 15.0 Å². The van der Waals surface area contributed by atoms with Gasteiger partial charge in [-0.15, -0.1) is 0 Å². The summed E-state index contributed by atoms with van der Waals surface area (Å²) < 4.78 is 0. The van der Waals surface area contributed by atoms with E-state index in [4.69, 9.17) is 15.0 Å². The predicted octanol–water partition coefficient (Wildman–Crippen LogP) is 14.0. The van der Waals surface area contributed by atoms with Gasteiger partial charge in [0.1, 0.15) is 0 Å². The molecule has 1 aliphatic carbocycles. The number of anilines is 3. The summed E-state index contributed by atoms with van der Waals surface area (Å²) in [4.78, 5) is 17.8. The Morgan fingerprint density at radius 3 is 1.26 bits per heavy atom. The molecule has 4 nitrogen and oxygen atoms in total. The summed E-state index contributed by atoms with van der Waals surface area (Å²) in [6.07, 6.45) is 0. The lowest BCUT2D eigenvalue weighted by Crippen LogP contribution is -2.17. The maximum Gasteiger partial charge on any atom is 0.164 e. The first-order chi connectivity index (χ1) is 28.5. The van der Waals surface area contributed by atoms with Gasteiger partial charge in [-0.25, -0.2) is 15.0 Å². The first-order valence-corrected chi connectivity index (χ1v) is 19.8. The average molecular weight is 745 g/mol. The van der Waals surface area contributed by atoms with Gasteiger partial charge in [-0.05, 0) is 69.8 Å². The van der Waals surface area contributed by atoms with Crippen molar-refractivity contribution in [3.8, 4) is 67.5 Å². The van der Waals surface area contributed by atoms with Crippen LogP contribution in [0.3, 0.4) is 0 Å². The van der Waals surface area contributed by atoms with Crippen LogP contribution in [-0.2, 0) is 5.41 Å². The van der Waals surface area contributed by atoms with Crippen LogP contribution in [0, 0.1) is 0 Å². The average Bonchev–Trinajstić information content (AvgIpc) is 3.53. The van der Waals surface area contributed by atoms with Crippen LogP contribution in [0.5, 0.6) is 0 Å². The van der Waals surface area contributed by atoms with Crippen LogP contribution in [0.1, 0.15) is 25.0 Å². The van der Waals surface area contributed by atoms with Crippen LogP contribution in [-0.4, -0.2) is 15.0 Å². The lowest BCUT2D eigenvalue weighted by molar-refractivity contribution is 0.660. The minimum Gasteiger partial charge on any atom is -0.309 e. The maximum absolute atomic E-state index is 5.20. The number of fused-ring (bicyclic) bond motifs is 3. The number of benzene rings is 8. The Morgan fingerprint density at radius 2 is 0.741 bits per heavy atom. The normalized spacial score (nSPS) is 12.4. The van der Waals surface area contributed by atoms with Gasteiger partial charge in [0, 0.05) is 44.6 Å². The maximum atomic E-state index is 5.20. The summed E-state index contributed by atoms with van der Waals surface area (Å²) in [5.74, 6) is 1.87. The molecule has 0 radical (unpaired) electrons. The van der Waals surface area contributed by atoms with Crippen molar-refractivity contribution >= 4 is 17.1 Å². The zero-order chi connectivity index (χ0) is 39.1. The molecule has 0 saturated carbocycles. The van der Waals surface area contributed by atoms with Gasteiger partial charge in [0.05, 0.1) is 5.69 Å². The fraction of sp³-hybridized carbons (Fsp3) is 0.0556. The van der Waals surface area contributed by atoms with Gasteiger partial charge in [-0.3, -0.25) is 0 Å². The summed E-state index contributed by atoms with van der Waals surface area (Å²) in [5.41, 5.74) is 15.4. The van der Waals surface area contributed by atoms with E-state index in [1.165, 1.54) is 22.3 Å². The van der Waals surface area contributed by atoms with Crippen molar-refractivity contribution < 1.29 is 0 Å². The molecular weight excluding hydrogens is 705 g/mol. The molecule has 0 unspecified atom stereocenters. The van der Waals surface area contributed by atoms with Crippen LogP contribution in [0.15, 0.2) is 206 Å². The number of hydrogen-bond acceptors (Lipinski definition) is 4. The molecule has 1 aliphatic rings. The zero-order valence-corrected chi connectivity index (χ0v) is 32.4. The van der Waals surface area contributed by atoms with Gasteiger partial charge in [-0.1, -0.05) is 184 Å². The molecule has 0 spiro atoms. The molecule has 0 N–H and O–H groups in total. The fourth-order valence-electron chi connectivity index (χ4n) is 8.43. The second kappa shape index (κ2) is 14.6. The quantitative estimate of drug-likeness (QED) is 0.155. The van der Waals surface area contributed by atoms with Crippen LogP contribution in [0.4, 0.5) is 17.1 Å². The van der Waals surface area contributed by atoms with Gasteiger partial charge >= 0.3 is 0 Å². The molecule has 0 saturated heterocycles. The highest BCUT2D eigenvalue weighted by molar-refractivity contribution is 6.00. The lowest BCUT2D eigenvalue weighted by Gasteiger charge is -2.32. The smallest absolute Gasteiger partial charge is 0.164 e. The molecule has 0 atom stereocenters. The third-order valence-corrected chi connectivity index (χ3v) is 11.3. The molecule has 0 aliphatic heterocycles. The summed E-state index contributed by atoms with van der Waals surface area (Å²) in [7, 11) is 0. The highest BCUT2D eigenvalue weighted by Crippen LogP contribution is 2.53. The van der Waals surface area contributed by atoms with Gasteiger partial charge in [-0.2, -0.15) is 0 Å². The van der Waals surface area contributed by atoms with Crippen LogP contribution < -0.4 is 4.90 Å². The molecule has 276 valence electrons. The third-order valence-electron chi connectivity index (χ3n) is 11.3. The number of hydrogen-bond donors (Lipinski definition) is 0. The van der Waals surface area contributed by atoms with Gasteiger partial charge in [0.15, 0.2) is 17.5 Å². The molecule has 1 aromatic heterocycles. The van der Waals surface area contributed by atoms with E-state index in [1.807, 2.05) is 36.4 Å². The van der Waals surface area contributed by atoms with Crippen molar-refractivity contribution in [3.05, 3.63) is 217 Å². The minimum atomic E-state index is -0.162. The molecule has 1 heterocycles. The number of rotatable bonds is 8. The monoisotopic (exact) mass is 744 g/mol. The SMILES string of the molecule is CC1(C)c2ccccc2-c2ccc(N(c3ccccc3)c3c(-c4ccccc4)cc(-c4nc(-c5ccccc5)nc(-c5ccccc5)n4)cc3-c3ccccc3)cc21. The number of para-hydroxylation sites is 1. The van der Waals surface area contributed by atoms with Gasteiger partial charge in [0.2, 0.25) is 0 Å².